The quantitative estimate of drug-likeness (QED) is 0.441. The van der Waals surface area contributed by atoms with Crippen molar-refractivity contribution in [3.63, 3.8) is 0 Å². The Morgan fingerprint density at radius 2 is 1.95 bits per heavy atom. The molecule has 0 amide bonds. The molecule has 7 heteroatoms. The standard InChI is InChI=1S/C12H16ClNO4S/c1-10(6-8-13)7-9-19(17,18)12-5-3-2-4-11(12)14(15)16/h2-5,10H,6-9H2,1H3. The normalized spacial score (nSPS) is 13.2. The molecule has 0 radical (unpaired) electrons. The lowest BCUT2D eigenvalue weighted by molar-refractivity contribution is -0.387. The van der Waals surface area contributed by atoms with Gasteiger partial charge in [-0.15, -0.1) is 11.6 Å². The van der Waals surface area contributed by atoms with Crippen LogP contribution in [0.2, 0.25) is 0 Å². The minimum absolute atomic E-state index is 0.101. The minimum atomic E-state index is -3.63. The van der Waals surface area contributed by atoms with Crippen LogP contribution < -0.4 is 0 Å². The lowest BCUT2D eigenvalue weighted by Crippen LogP contribution is -2.12. The van der Waals surface area contributed by atoms with Gasteiger partial charge in [0.05, 0.1) is 10.7 Å². The van der Waals surface area contributed by atoms with Crippen molar-refractivity contribution in [2.45, 2.75) is 24.7 Å². The van der Waals surface area contributed by atoms with Gasteiger partial charge in [0.25, 0.3) is 5.69 Å². The second-order valence-electron chi connectivity index (χ2n) is 4.42. The van der Waals surface area contributed by atoms with Crippen molar-refractivity contribution in [2.75, 3.05) is 11.6 Å². The smallest absolute Gasteiger partial charge is 0.258 e. The third-order valence-electron chi connectivity index (χ3n) is 2.88. The SMILES string of the molecule is CC(CCCl)CCS(=O)(=O)c1ccccc1[N+](=O)[O-]. The van der Waals surface area contributed by atoms with Crippen molar-refractivity contribution in [3.8, 4) is 0 Å². The summed E-state index contributed by atoms with van der Waals surface area (Å²) >= 11 is 5.59. The van der Waals surface area contributed by atoms with Crippen LogP contribution in [-0.2, 0) is 9.84 Å². The third kappa shape index (κ3) is 4.47. The van der Waals surface area contributed by atoms with Crippen LogP contribution in [0.15, 0.2) is 29.2 Å². The van der Waals surface area contributed by atoms with Crippen molar-refractivity contribution >= 4 is 27.1 Å². The van der Waals surface area contributed by atoms with Crippen LogP contribution in [0.25, 0.3) is 0 Å². The van der Waals surface area contributed by atoms with Crippen LogP contribution >= 0.6 is 11.6 Å². The van der Waals surface area contributed by atoms with Crippen LogP contribution in [-0.4, -0.2) is 25.0 Å². The van der Waals surface area contributed by atoms with Gasteiger partial charge in [-0.25, -0.2) is 8.42 Å². The van der Waals surface area contributed by atoms with Crippen LogP contribution in [0, 0.1) is 16.0 Å². The minimum Gasteiger partial charge on any atom is -0.258 e. The summed E-state index contributed by atoms with van der Waals surface area (Å²) in [6.07, 6.45) is 1.18. The molecule has 0 spiro atoms. The number of nitro groups is 1. The molecule has 19 heavy (non-hydrogen) atoms. The second kappa shape index (κ2) is 6.86. The lowest BCUT2D eigenvalue weighted by Gasteiger charge is -2.10. The fraction of sp³-hybridized carbons (Fsp3) is 0.500. The summed E-state index contributed by atoms with van der Waals surface area (Å²) in [5.41, 5.74) is -0.368. The van der Waals surface area contributed by atoms with E-state index in [0.717, 1.165) is 6.42 Å². The van der Waals surface area contributed by atoms with E-state index in [-0.39, 0.29) is 22.3 Å². The first-order valence-electron chi connectivity index (χ1n) is 5.90. The Bertz CT molecular complexity index is 544. The predicted molar refractivity (Wildman–Crippen MR) is 74.3 cm³/mol. The van der Waals surface area contributed by atoms with Gasteiger partial charge in [-0.2, -0.15) is 0 Å². The van der Waals surface area contributed by atoms with E-state index in [9.17, 15) is 18.5 Å². The average molecular weight is 306 g/mol. The zero-order chi connectivity index (χ0) is 14.5. The number of alkyl halides is 1. The molecule has 0 saturated carbocycles. The zero-order valence-electron chi connectivity index (χ0n) is 10.6. The van der Waals surface area contributed by atoms with E-state index in [1.807, 2.05) is 6.92 Å². The maximum Gasteiger partial charge on any atom is 0.287 e. The van der Waals surface area contributed by atoms with Gasteiger partial charge in [-0.05, 0) is 24.8 Å². The van der Waals surface area contributed by atoms with Gasteiger partial charge in [0.1, 0.15) is 4.90 Å². The summed E-state index contributed by atoms with van der Waals surface area (Å²) < 4.78 is 24.3. The first-order chi connectivity index (χ1) is 8.88. The van der Waals surface area contributed by atoms with E-state index in [1.54, 1.807) is 0 Å². The highest BCUT2D eigenvalue weighted by Crippen LogP contribution is 2.25. The number of benzene rings is 1. The number of rotatable bonds is 7. The molecule has 5 nitrogen and oxygen atoms in total. The zero-order valence-corrected chi connectivity index (χ0v) is 12.2. The van der Waals surface area contributed by atoms with E-state index < -0.39 is 14.8 Å². The van der Waals surface area contributed by atoms with Crippen molar-refractivity contribution < 1.29 is 13.3 Å². The molecule has 0 aromatic heterocycles. The van der Waals surface area contributed by atoms with Gasteiger partial charge < -0.3 is 0 Å². The molecule has 0 fully saturated rings. The molecule has 0 aliphatic heterocycles. The molecule has 106 valence electrons. The Hall–Kier alpha value is -1.14. The number of hydrogen-bond donors (Lipinski definition) is 0. The van der Waals surface area contributed by atoms with Gasteiger partial charge >= 0.3 is 0 Å². The molecular weight excluding hydrogens is 290 g/mol. The molecule has 1 aromatic carbocycles. The number of hydrogen-bond acceptors (Lipinski definition) is 4. The summed E-state index contributed by atoms with van der Waals surface area (Å²) in [7, 11) is -3.63. The molecule has 1 atom stereocenters. The summed E-state index contributed by atoms with van der Waals surface area (Å²) in [5.74, 6) is 0.554. The van der Waals surface area contributed by atoms with E-state index in [0.29, 0.717) is 12.3 Å². The molecular formula is C12H16ClNO4S. The molecule has 0 aliphatic rings. The molecule has 0 aliphatic carbocycles. The van der Waals surface area contributed by atoms with Crippen molar-refractivity contribution in [2.24, 2.45) is 5.92 Å². The molecule has 1 aromatic rings. The number of halogens is 1. The lowest BCUT2D eigenvalue weighted by atomic mass is 10.1. The number of nitro benzene ring substituents is 1. The van der Waals surface area contributed by atoms with Crippen LogP contribution in [0.3, 0.4) is 0 Å². The molecule has 0 N–H and O–H groups in total. The van der Waals surface area contributed by atoms with Crippen molar-refractivity contribution in [1.29, 1.82) is 0 Å². The number of sulfone groups is 1. The van der Waals surface area contributed by atoms with Gasteiger partial charge in [0.15, 0.2) is 9.84 Å². The van der Waals surface area contributed by atoms with Gasteiger partial charge in [-0.1, -0.05) is 19.1 Å². The Morgan fingerprint density at radius 1 is 1.32 bits per heavy atom. The average Bonchev–Trinajstić information content (AvgIpc) is 2.37. The van der Waals surface area contributed by atoms with Crippen LogP contribution in [0.5, 0.6) is 0 Å². The van der Waals surface area contributed by atoms with Gasteiger partial charge in [0.2, 0.25) is 0 Å². The van der Waals surface area contributed by atoms with Crippen LogP contribution in [0.1, 0.15) is 19.8 Å². The molecule has 0 heterocycles. The van der Waals surface area contributed by atoms with E-state index >= 15 is 0 Å². The van der Waals surface area contributed by atoms with Crippen LogP contribution in [0.4, 0.5) is 5.69 Å². The first kappa shape index (κ1) is 15.9. The first-order valence-corrected chi connectivity index (χ1v) is 8.09. The fourth-order valence-corrected chi connectivity index (χ4v) is 3.72. The highest BCUT2D eigenvalue weighted by molar-refractivity contribution is 7.91. The van der Waals surface area contributed by atoms with Gasteiger partial charge in [-0.3, -0.25) is 10.1 Å². The summed E-state index contributed by atoms with van der Waals surface area (Å²) in [5, 5.41) is 10.8. The van der Waals surface area contributed by atoms with Crippen molar-refractivity contribution in [1.82, 2.24) is 0 Å². The Kier molecular flexibility index (Phi) is 5.75. The topological polar surface area (TPSA) is 77.3 Å². The van der Waals surface area contributed by atoms with Gasteiger partial charge in [0, 0.05) is 11.9 Å². The Morgan fingerprint density at radius 3 is 2.53 bits per heavy atom. The summed E-state index contributed by atoms with van der Waals surface area (Å²) in [4.78, 5) is 9.95. The maximum atomic E-state index is 12.1. The predicted octanol–water partition coefficient (Wildman–Crippen LogP) is 3.02. The fourth-order valence-electron chi connectivity index (χ4n) is 1.67. The highest BCUT2D eigenvalue weighted by Gasteiger charge is 2.25. The molecule has 0 bridgehead atoms. The highest BCUT2D eigenvalue weighted by atomic mass is 35.5. The molecule has 1 unspecified atom stereocenters. The Labute approximate surface area is 117 Å². The number of para-hydroxylation sites is 1. The van der Waals surface area contributed by atoms with E-state index in [1.165, 1.54) is 24.3 Å². The number of nitrogens with zero attached hydrogens (tertiary/aromatic N) is 1. The largest absolute Gasteiger partial charge is 0.287 e. The van der Waals surface area contributed by atoms with E-state index in [2.05, 4.69) is 0 Å². The maximum absolute atomic E-state index is 12.1. The third-order valence-corrected chi connectivity index (χ3v) is 4.89. The monoisotopic (exact) mass is 305 g/mol. The second-order valence-corrected chi connectivity index (χ2v) is 6.87. The molecule has 1 rings (SSSR count). The van der Waals surface area contributed by atoms with Crippen molar-refractivity contribution in [3.05, 3.63) is 34.4 Å². The Balaban J connectivity index is 2.92. The van der Waals surface area contributed by atoms with E-state index in [4.69, 9.17) is 11.6 Å². The summed E-state index contributed by atoms with van der Waals surface area (Å²) in [6.45, 7) is 1.91. The molecule has 0 saturated heterocycles. The summed E-state index contributed by atoms with van der Waals surface area (Å²) in [6, 6.07) is 5.42.